The first-order valence-electron chi connectivity index (χ1n) is 5.86. The van der Waals surface area contributed by atoms with Crippen LogP contribution in [0.25, 0.3) is 0 Å². The van der Waals surface area contributed by atoms with Crippen molar-refractivity contribution in [3.05, 3.63) is 58.1 Å². The van der Waals surface area contributed by atoms with Crippen molar-refractivity contribution in [3.63, 3.8) is 0 Å². The van der Waals surface area contributed by atoms with E-state index in [0.29, 0.717) is 0 Å². The van der Waals surface area contributed by atoms with Crippen LogP contribution in [-0.4, -0.2) is 0 Å². The number of rotatable bonds is 3. The zero-order chi connectivity index (χ0) is 13.1. The normalized spacial score (nSPS) is 12.2. The minimum atomic E-state index is 0.0225. The van der Waals surface area contributed by atoms with Gasteiger partial charge >= 0.3 is 0 Å². The molecule has 0 fully saturated rings. The smallest absolute Gasteiger partial charge is 0.141 e. The molecule has 18 heavy (non-hydrogen) atoms. The van der Waals surface area contributed by atoms with E-state index < -0.39 is 0 Å². The SMILES string of the molecule is Cc1cccc(Oc2ccc(C(C)N)cc2Br)c1. The summed E-state index contributed by atoms with van der Waals surface area (Å²) < 4.78 is 6.75. The Kier molecular flexibility index (Phi) is 4.04. The molecule has 0 amide bonds. The molecule has 2 aromatic rings. The molecule has 0 spiro atoms. The van der Waals surface area contributed by atoms with Crippen LogP contribution in [0.3, 0.4) is 0 Å². The van der Waals surface area contributed by atoms with Crippen LogP contribution < -0.4 is 10.5 Å². The minimum absolute atomic E-state index is 0.0225. The van der Waals surface area contributed by atoms with Gasteiger partial charge in [-0.2, -0.15) is 0 Å². The molecule has 1 atom stereocenters. The number of nitrogens with two attached hydrogens (primary N) is 1. The molecular formula is C15H16BrNO. The fourth-order valence-corrected chi connectivity index (χ4v) is 2.17. The van der Waals surface area contributed by atoms with E-state index in [9.17, 15) is 0 Å². The first-order valence-corrected chi connectivity index (χ1v) is 6.65. The number of ether oxygens (including phenoxy) is 1. The molecule has 2 N–H and O–H groups in total. The largest absolute Gasteiger partial charge is 0.456 e. The quantitative estimate of drug-likeness (QED) is 0.901. The maximum Gasteiger partial charge on any atom is 0.141 e. The van der Waals surface area contributed by atoms with E-state index in [-0.39, 0.29) is 6.04 Å². The highest BCUT2D eigenvalue weighted by molar-refractivity contribution is 9.10. The molecule has 0 saturated heterocycles. The van der Waals surface area contributed by atoms with Crippen LogP contribution in [-0.2, 0) is 0 Å². The summed E-state index contributed by atoms with van der Waals surface area (Å²) in [6, 6.07) is 13.9. The standard InChI is InChI=1S/C15H16BrNO/c1-10-4-3-5-13(8-10)18-15-7-6-12(11(2)17)9-14(15)16/h3-9,11H,17H2,1-2H3. The second-order valence-corrected chi connectivity index (χ2v) is 5.25. The van der Waals surface area contributed by atoms with Crippen LogP contribution >= 0.6 is 15.9 Å². The van der Waals surface area contributed by atoms with Gasteiger partial charge in [0.05, 0.1) is 4.47 Å². The van der Waals surface area contributed by atoms with Gasteiger partial charge in [0, 0.05) is 6.04 Å². The van der Waals surface area contributed by atoms with Gasteiger partial charge in [-0.1, -0.05) is 18.2 Å². The molecule has 0 bridgehead atoms. The van der Waals surface area contributed by atoms with E-state index in [1.807, 2.05) is 56.3 Å². The summed E-state index contributed by atoms with van der Waals surface area (Å²) in [5.74, 6) is 1.63. The zero-order valence-electron chi connectivity index (χ0n) is 10.5. The van der Waals surface area contributed by atoms with Gasteiger partial charge in [0.1, 0.15) is 11.5 Å². The third kappa shape index (κ3) is 3.12. The van der Waals surface area contributed by atoms with Gasteiger partial charge in [-0.25, -0.2) is 0 Å². The summed E-state index contributed by atoms with van der Waals surface area (Å²) in [5.41, 5.74) is 8.10. The second-order valence-electron chi connectivity index (χ2n) is 4.40. The van der Waals surface area contributed by atoms with Crippen molar-refractivity contribution in [2.75, 3.05) is 0 Å². The molecule has 0 aliphatic rings. The Balaban J connectivity index is 2.24. The Labute approximate surface area is 116 Å². The van der Waals surface area contributed by atoms with Crippen LogP contribution in [0.15, 0.2) is 46.9 Å². The van der Waals surface area contributed by atoms with Crippen molar-refractivity contribution in [2.45, 2.75) is 19.9 Å². The van der Waals surface area contributed by atoms with Crippen molar-refractivity contribution >= 4 is 15.9 Å². The van der Waals surface area contributed by atoms with Crippen molar-refractivity contribution < 1.29 is 4.74 Å². The summed E-state index contributed by atoms with van der Waals surface area (Å²) >= 11 is 3.51. The lowest BCUT2D eigenvalue weighted by molar-refractivity contribution is 0.479. The van der Waals surface area contributed by atoms with Gasteiger partial charge in [-0.3, -0.25) is 0 Å². The minimum Gasteiger partial charge on any atom is -0.456 e. The van der Waals surface area contributed by atoms with E-state index in [0.717, 1.165) is 21.5 Å². The summed E-state index contributed by atoms with van der Waals surface area (Å²) in [4.78, 5) is 0. The third-order valence-corrected chi connectivity index (χ3v) is 3.32. The topological polar surface area (TPSA) is 35.2 Å². The van der Waals surface area contributed by atoms with Gasteiger partial charge < -0.3 is 10.5 Å². The average molecular weight is 306 g/mol. The summed E-state index contributed by atoms with van der Waals surface area (Å²) in [7, 11) is 0. The number of aryl methyl sites for hydroxylation is 1. The van der Waals surface area contributed by atoms with Gasteiger partial charge in [-0.15, -0.1) is 0 Å². The molecule has 0 aromatic heterocycles. The monoisotopic (exact) mass is 305 g/mol. The van der Waals surface area contributed by atoms with Crippen LogP contribution in [0.5, 0.6) is 11.5 Å². The molecule has 1 unspecified atom stereocenters. The second kappa shape index (κ2) is 5.55. The van der Waals surface area contributed by atoms with Gasteiger partial charge in [-0.05, 0) is 65.2 Å². The number of hydrogen-bond acceptors (Lipinski definition) is 2. The molecule has 0 radical (unpaired) electrons. The Morgan fingerprint density at radius 1 is 1.17 bits per heavy atom. The predicted molar refractivity (Wildman–Crippen MR) is 78.0 cm³/mol. The van der Waals surface area contributed by atoms with Crippen LogP contribution in [0, 0.1) is 6.92 Å². The Morgan fingerprint density at radius 3 is 2.56 bits per heavy atom. The highest BCUT2D eigenvalue weighted by Crippen LogP contribution is 2.31. The Hall–Kier alpha value is -1.32. The number of benzene rings is 2. The zero-order valence-corrected chi connectivity index (χ0v) is 12.1. The first kappa shape index (κ1) is 13.1. The van der Waals surface area contributed by atoms with Crippen LogP contribution in [0.4, 0.5) is 0 Å². The molecule has 2 aromatic carbocycles. The molecule has 0 aliphatic heterocycles. The lowest BCUT2D eigenvalue weighted by Gasteiger charge is -2.11. The fraction of sp³-hybridized carbons (Fsp3) is 0.200. The number of hydrogen-bond donors (Lipinski definition) is 1. The molecule has 2 rings (SSSR count). The van der Waals surface area contributed by atoms with E-state index in [1.54, 1.807) is 0 Å². The van der Waals surface area contributed by atoms with Crippen LogP contribution in [0.2, 0.25) is 0 Å². The Bertz CT molecular complexity index is 552. The molecule has 3 heteroatoms. The Morgan fingerprint density at radius 2 is 1.94 bits per heavy atom. The van der Waals surface area contributed by atoms with Gasteiger partial charge in [0.2, 0.25) is 0 Å². The molecule has 94 valence electrons. The highest BCUT2D eigenvalue weighted by atomic mass is 79.9. The number of halogens is 1. The third-order valence-electron chi connectivity index (χ3n) is 2.70. The van der Waals surface area contributed by atoms with Gasteiger partial charge in [0.15, 0.2) is 0 Å². The summed E-state index contributed by atoms with van der Waals surface area (Å²) in [5, 5.41) is 0. The maximum atomic E-state index is 5.84. The molecule has 0 saturated carbocycles. The fourth-order valence-electron chi connectivity index (χ4n) is 1.69. The molecule has 0 heterocycles. The van der Waals surface area contributed by atoms with E-state index >= 15 is 0 Å². The molecule has 2 nitrogen and oxygen atoms in total. The van der Waals surface area contributed by atoms with Crippen LogP contribution in [0.1, 0.15) is 24.1 Å². The predicted octanol–water partition coefficient (Wildman–Crippen LogP) is 4.57. The van der Waals surface area contributed by atoms with Crippen molar-refractivity contribution in [2.24, 2.45) is 5.73 Å². The average Bonchev–Trinajstić information content (AvgIpc) is 2.31. The lowest BCUT2D eigenvalue weighted by atomic mass is 10.1. The van der Waals surface area contributed by atoms with E-state index in [4.69, 9.17) is 10.5 Å². The van der Waals surface area contributed by atoms with Crippen molar-refractivity contribution in [1.29, 1.82) is 0 Å². The van der Waals surface area contributed by atoms with E-state index in [2.05, 4.69) is 15.9 Å². The first-order chi connectivity index (χ1) is 8.56. The molecular weight excluding hydrogens is 290 g/mol. The lowest BCUT2D eigenvalue weighted by Crippen LogP contribution is -2.04. The summed E-state index contributed by atoms with van der Waals surface area (Å²) in [6.07, 6.45) is 0. The van der Waals surface area contributed by atoms with E-state index in [1.165, 1.54) is 5.56 Å². The van der Waals surface area contributed by atoms with Crippen molar-refractivity contribution in [1.82, 2.24) is 0 Å². The van der Waals surface area contributed by atoms with Gasteiger partial charge in [0.25, 0.3) is 0 Å². The molecule has 0 aliphatic carbocycles. The highest BCUT2D eigenvalue weighted by Gasteiger charge is 2.06. The summed E-state index contributed by atoms with van der Waals surface area (Å²) in [6.45, 7) is 4.00. The maximum absolute atomic E-state index is 5.84. The van der Waals surface area contributed by atoms with Crippen molar-refractivity contribution in [3.8, 4) is 11.5 Å².